The molecule has 68 valence electrons. The maximum atomic E-state index is 10.0. The molecule has 0 bridgehead atoms. The Morgan fingerprint density at radius 2 is 1.85 bits per heavy atom. The largest absolute Gasteiger partial charge is 0.482 e. The lowest BCUT2D eigenvalue weighted by Crippen LogP contribution is -2.09. The monoisotopic (exact) mass is 194 g/mol. The summed E-state index contributed by atoms with van der Waals surface area (Å²) in [6.07, 6.45) is 0. The molecular formula is C8H10MgO4. The van der Waals surface area contributed by atoms with Crippen molar-refractivity contribution in [3.05, 3.63) is 30.3 Å². The summed E-state index contributed by atoms with van der Waals surface area (Å²) in [6.45, 7) is -0.288. The SMILES string of the molecule is O.O=C(O)COc1ccccc1.[Mg]. The fraction of sp³-hybridized carbons (Fsp3) is 0.125. The van der Waals surface area contributed by atoms with Gasteiger partial charge in [0.15, 0.2) is 6.61 Å². The fourth-order valence-corrected chi connectivity index (χ4v) is 0.662. The maximum Gasteiger partial charge on any atom is 0.341 e. The van der Waals surface area contributed by atoms with E-state index < -0.39 is 5.97 Å². The van der Waals surface area contributed by atoms with Crippen molar-refractivity contribution >= 4 is 29.0 Å². The van der Waals surface area contributed by atoms with Crippen LogP contribution in [0, 0.1) is 0 Å². The van der Waals surface area contributed by atoms with E-state index in [9.17, 15) is 4.79 Å². The molecule has 0 fully saturated rings. The molecule has 1 aromatic carbocycles. The van der Waals surface area contributed by atoms with Crippen LogP contribution in [0.3, 0.4) is 0 Å². The van der Waals surface area contributed by atoms with Crippen LogP contribution in [0.2, 0.25) is 0 Å². The van der Waals surface area contributed by atoms with Gasteiger partial charge in [0.25, 0.3) is 0 Å². The first-order valence-corrected chi connectivity index (χ1v) is 3.18. The maximum absolute atomic E-state index is 10.0. The van der Waals surface area contributed by atoms with Gasteiger partial charge < -0.3 is 15.3 Å². The number of carbonyl (C=O) groups is 1. The first-order chi connectivity index (χ1) is 5.29. The summed E-state index contributed by atoms with van der Waals surface area (Å²) in [5, 5.41) is 8.25. The summed E-state index contributed by atoms with van der Waals surface area (Å²) in [6, 6.07) is 8.84. The molecule has 4 nitrogen and oxygen atoms in total. The molecule has 13 heavy (non-hydrogen) atoms. The van der Waals surface area contributed by atoms with Crippen LogP contribution in [0.5, 0.6) is 5.75 Å². The molecule has 0 aliphatic heterocycles. The molecule has 0 aromatic heterocycles. The smallest absolute Gasteiger partial charge is 0.341 e. The molecule has 0 atom stereocenters. The molecule has 0 heterocycles. The van der Waals surface area contributed by atoms with Gasteiger partial charge in [-0.25, -0.2) is 4.79 Å². The normalized spacial score (nSPS) is 7.69. The van der Waals surface area contributed by atoms with E-state index in [1.54, 1.807) is 24.3 Å². The number of carboxylic acids is 1. The average molecular weight is 194 g/mol. The van der Waals surface area contributed by atoms with E-state index in [0.717, 1.165) is 0 Å². The van der Waals surface area contributed by atoms with E-state index in [1.807, 2.05) is 6.07 Å². The number of rotatable bonds is 3. The van der Waals surface area contributed by atoms with Crippen molar-refractivity contribution in [2.45, 2.75) is 0 Å². The van der Waals surface area contributed by atoms with Crippen LogP contribution in [-0.2, 0) is 4.79 Å². The number of para-hydroxylation sites is 1. The number of hydrogen-bond donors (Lipinski definition) is 1. The van der Waals surface area contributed by atoms with E-state index in [1.165, 1.54) is 0 Å². The summed E-state index contributed by atoms with van der Waals surface area (Å²) in [5.74, 6) is -0.385. The zero-order valence-corrected chi connectivity index (χ0v) is 8.48. The number of hydrogen-bond acceptors (Lipinski definition) is 2. The topological polar surface area (TPSA) is 78.0 Å². The first-order valence-electron chi connectivity index (χ1n) is 3.18. The summed E-state index contributed by atoms with van der Waals surface area (Å²) in [5.41, 5.74) is 0. The van der Waals surface area contributed by atoms with Crippen LogP contribution in [0.4, 0.5) is 0 Å². The van der Waals surface area contributed by atoms with Crippen LogP contribution in [0.25, 0.3) is 0 Å². The number of aliphatic carboxylic acids is 1. The van der Waals surface area contributed by atoms with Gasteiger partial charge in [-0.15, -0.1) is 0 Å². The standard InChI is InChI=1S/C8H8O3.Mg.H2O/c9-8(10)6-11-7-4-2-1-3-5-7;;/h1-5H,6H2,(H,9,10);;1H2. The summed E-state index contributed by atoms with van der Waals surface area (Å²) in [7, 11) is 0. The van der Waals surface area contributed by atoms with Crippen LogP contribution in [0.15, 0.2) is 30.3 Å². The molecule has 0 saturated carbocycles. The van der Waals surface area contributed by atoms with Gasteiger partial charge in [0, 0.05) is 23.1 Å². The van der Waals surface area contributed by atoms with Gasteiger partial charge in [-0.3, -0.25) is 0 Å². The first kappa shape index (κ1) is 14.7. The predicted octanol–water partition coefficient (Wildman–Crippen LogP) is -0.0555. The molecule has 1 aromatic rings. The lowest BCUT2D eigenvalue weighted by molar-refractivity contribution is -0.139. The Hall–Kier alpha value is -0.784. The van der Waals surface area contributed by atoms with Crippen LogP contribution in [-0.4, -0.2) is 46.2 Å². The second kappa shape index (κ2) is 7.84. The van der Waals surface area contributed by atoms with Gasteiger partial charge in [-0.1, -0.05) is 18.2 Å². The van der Waals surface area contributed by atoms with Crippen LogP contribution >= 0.6 is 0 Å². The average Bonchev–Trinajstić information content (AvgIpc) is 2.03. The Labute approximate surface area is 92.0 Å². The third kappa shape index (κ3) is 6.38. The molecule has 2 radical (unpaired) electrons. The third-order valence-electron chi connectivity index (χ3n) is 1.11. The van der Waals surface area contributed by atoms with Crippen molar-refractivity contribution in [3.63, 3.8) is 0 Å². The minimum atomic E-state index is -0.964. The lowest BCUT2D eigenvalue weighted by atomic mass is 10.3. The highest BCUT2D eigenvalue weighted by molar-refractivity contribution is 5.75. The Bertz CT molecular complexity index is 237. The molecule has 0 aliphatic carbocycles. The van der Waals surface area contributed by atoms with Gasteiger partial charge in [-0.05, 0) is 12.1 Å². The van der Waals surface area contributed by atoms with Gasteiger partial charge in [0.2, 0.25) is 0 Å². The summed E-state index contributed by atoms with van der Waals surface area (Å²) >= 11 is 0. The second-order valence-corrected chi connectivity index (χ2v) is 2.00. The highest BCUT2D eigenvalue weighted by Crippen LogP contribution is 2.07. The minimum Gasteiger partial charge on any atom is -0.482 e. The van der Waals surface area contributed by atoms with Crippen molar-refractivity contribution in [2.24, 2.45) is 0 Å². The highest BCUT2D eigenvalue weighted by Gasteiger charge is 1.96. The van der Waals surface area contributed by atoms with Crippen LogP contribution < -0.4 is 4.74 Å². The number of carboxylic acid groups (broad SMARTS) is 1. The molecule has 0 amide bonds. The Morgan fingerprint density at radius 1 is 1.31 bits per heavy atom. The lowest BCUT2D eigenvalue weighted by Gasteiger charge is -2.00. The van der Waals surface area contributed by atoms with Crippen molar-refractivity contribution in [3.8, 4) is 5.75 Å². The molecule has 0 unspecified atom stereocenters. The fourth-order valence-electron chi connectivity index (χ4n) is 0.662. The number of benzene rings is 1. The highest BCUT2D eigenvalue weighted by atomic mass is 24.3. The molecular weight excluding hydrogens is 184 g/mol. The number of ether oxygens (including phenoxy) is 1. The second-order valence-electron chi connectivity index (χ2n) is 2.00. The van der Waals surface area contributed by atoms with Gasteiger partial charge in [0.1, 0.15) is 5.75 Å². The quantitative estimate of drug-likeness (QED) is 0.685. The van der Waals surface area contributed by atoms with E-state index in [4.69, 9.17) is 9.84 Å². The van der Waals surface area contributed by atoms with Crippen molar-refractivity contribution < 1.29 is 20.1 Å². The van der Waals surface area contributed by atoms with E-state index in [-0.39, 0.29) is 35.1 Å². The Balaban J connectivity index is 0. The van der Waals surface area contributed by atoms with Crippen LogP contribution in [0.1, 0.15) is 0 Å². The molecule has 0 saturated heterocycles. The molecule has 0 aliphatic rings. The Kier molecular flexibility index (Phi) is 8.89. The summed E-state index contributed by atoms with van der Waals surface area (Å²) < 4.78 is 4.87. The molecule has 5 heteroatoms. The van der Waals surface area contributed by atoms with Gasteiger partial charge >= 0.3 is 5.97 Å². The molecule has 1 rings (SSSR count). The van der Waals surface area contributed by atoms with E-state index in [0.29, 0.717) is 5.75 Å². The van der Waals surface area contributed by atoms with Gasteiger partial charge in [0.05, 0.1) is 0 Å². The van der Waals surface area contributed by atoms with E-state index in [2.05, 4.69) is 0 Å². The molecule has 0 spiro atoms. The Morgan fingerprint density at radius 3 is 2.31 bits per heavy atom. The predicted molar refractivity (Wildman–Crippen MR) is 48.9 cm³/mol. The summed E-state index contributed by atoms with van der Waals surface area (Å²) in [4.78, 5) is 10.0. The van der Waals surface area contributed by atoms with Gasteiger partial charge in [-0.2, -0.15) is 0 Å². The molecule has 3 N–H and O–H groups in total. The van der Waals surface area contributed by atoms with E-state index >= 15 is 0 Å². The van der Waals surface area contributed by atoms with Crippen molar-refractivity contribution in [1.29, 1.82) is 0 Å². The zero-order valence-electron chi connectivity index (χ0n) is 7.06. The van der Waals surface area contributed by atoms with Crippen molar-refractivity contribution in [2.75, 3.05) is 6.61 Å². The minimum absolute atomic E-state index is 0. The van der Waals surface area contributed by atoms with Crippen molar-refractivity contribution in [1.82, 2.24) is 0 Å². The zero-order chi connectivity index (χ0) is 8.10. The third-order valence-corrected chi connectivity index (χ3v) is 1.11.